The van der Waals surface area contributed by atoms with Crippen LogP contribution in [0.5, 0.6) is 5.75 Å². The number of sulfonamides is 1. The summed E-state index contributed by atoms with van der Waals surface area (Å²) in [4.78, 5) is 30.1. The number of ether oxygens (including phenoxy) is 1. The molecule has 0 aliphatic rings. The van der Waals surface area contributed by atoms with Crippen molar-refractivity contribution < 1.29 is 22.7 Å². The van der Waals surface area contributed by atoms with Crippen molar-refractivity contribution in [3.05, 3.63) is 124 Å². The van der Waals surface area contributed by atoms with E-state index < -0.39 is 28.5 Å². The first-order valence-corrected chi connectivity index (χ1v) is 17.4. The zero-order valence-electron chi connectivity index (χ0n) is 27.4. The van der Waals surface area contributed by atoms with Gasteiger partial charge < -0.3 is 15.0 Å². The molecule has 8 nitrogen and oxygen atoms in total. The van der Waals surface area contributed by atoms with Crippen LogP contribution in [-0.2, 0) is 32.6 Å². The van der Waals surface area contributed by atoms with Crippen LogP contribution in [0.3, 0.4) is 0 Å². The van der Waals surface area contributed by atoms with Crippen LogP contribution in [0.1, 0.15) is 42.5 Å². The standard InChI is InChI=1S/C37H42ClN3O5S/c1-6-28(4)39-37(43)35(22-29-11-8-7-9-12-29)40(24-30-13-10-14-32(21-30)46-5)36(42)25-41(31-18-17-27(3)34(38)23-31)47(44,45)33-19-15-26(2)16-20-33/h7-21,23,28,35H,6,22,24-25H2,1-5H3,(H,39,43)/t28-,35+/m0/s1. The number of methoxy groups -OCH3 is 1. The Kier molecular flexibility index (Phi) is 12.1. The first-order valence-electron chi connectivity index (χ1n) is 15.5. The highest BCUT2D eigenvalue weighted by molar-refractivity contribution is 7.92. The van der Waals surface area contributed by atoms with E-state index in [1.54, 1.807) is 49.6 Å². The first kappa shape index (κ1) is 35.5. The number of anilines is 1. The summed E-state index contributed by atoms with van der Waals surface area (Å²) in [5.74, 6) is -0.289. The summed E-state index contributed by atoms with van der Waals surface area (Å²) in [5, 5.41) is 3.41. The maximum absolute atomic E-state index is 14.6. The molecule has 0 saturated heterocycles. The molecule has 0 unspecified atom stereocenters. The molecule has 0 saturated carbocycles. The van der Waals surface area contributed by atoms with E-state index in [1.165, 1.54) is 17.0 Å². The summed E-state index contributed by atoms with van der Waals surface area (Å²) >= 11 is 6.47. The molecule has 0 fully saturated rings. The molecule has 0 spiro atoms. The van der Waals surface area contributed by atoms with Gasteiger partial charge in [-0.2, -0.15) is 0 Å². The Labute approximate surface area is 283 Å². The lowest BCUT2D eigenvalue weighted by molar-refractivity contribution is -0.140. The van der Waals surface area contributed by atoms with Crippen LogP contribution in [0.15, 0.2) is 102 Å². The second-order valence-electron chi connectivity index (χ2n) is 11.7. The number of amides is 2. The van der Waals surface area contributed by atoms with Crippen LogP contribution in [0.4, 0.5) is 5.69 Å². The number of halogens is 1. The molecule has 47 heavy (non-hydrogen) atoms. The Morgan fingerprint density at radius 3 is 2.21 bits per heavy atom. The van der Waals surface area contributed by atoms with Crippen molar-refractivity contribution >= 4 is 39.1 Å². The molecule has 2 amide bonds. The predicted octanol–water partition coefficient (Wildman–Crippen LogP) is 6.72. The van der Waals surface area contributed by atoms with E-state index in [0.29, 0.717) is 17.2 Å². The summed E-state index contributed by atoms with van der Waals surface area (Å²) in [5.41, 5.74) is 3.47. The molecular formula is C37H42ClN3O5S. The van der Waals surface area contributed by atoms with Crippen molar-refractivity contribution in [3.8, 4) is 5.75 Å². The molecule has 0 aliphatic carbocycles. The van der Waals surface area contributed by atoms with Crippen molar-refractivity contribution in [2.24, 2.45) is 0 Å². The van der Waals surface area contributed by atoms with Gasteiger partial charge in [-0.05, 0) is 80.3 Å². The van der Waals surface area contributed by atoms with Gasteiger partial charge in [0.1, 0.15) is 18.3 Å². The number of carbonyl (C=O) groups excluding carboxylic acids is 2. The number of hydrogen-bond acceptors (Lipinski definition) is 5. The van der Waals surface area contributed by atoms with Crippen molar-refractivity contribution in [3.63, 3.8) is 0 Å². The average molecular weight is 676 g/mol. The van der Waals surface area contributed by atoms with Crippen molar-refractivity contribution in [1.29, 1.82) is 0 Å². The highest BCUT2D eigenvalue weighted by atomic mass is 35.5. The zero-order valence-corrected chi connectivity index (χ0v) is 29.0. The lowest BCUT2D eigenvalue weighted by Crippen LogP contribution is -2.54. The van der Waals surface area contributed by atoms with Crippen LogP contribution in [0, 0.1) is 13.8 Å². The number of hydrogen-bond donors (Lipinski definition) is 1. The molecule has 0 bridgehead atoms. The molecule has 0 aromatic heterocycles. The molecule has 248 valence electrons. The van der Waals surface area contributed by atoms with Gasteiger partial charge in [-0.1, -0.05) is 84.8 Å². The fraction of sp³-hybridized carbons (Fsp3) is 0.297. The number of rotatable bonds is 14. The van der Waals surface area contributed by atoms with E-state index in [9.17, 15) is 18.0 Å². The first-order chi connectivity index (χ1) is 22.4. The Balaban J connectivity index is 1.83. The summed E-state index contributed by atoms with van der Waals surface area (Å²) in [6.45, 7) is 7.02. The highest BCUT2D eigenvalue weighted by Crippen LogP contribution is 2.29. The van der Waals surface area contributed by atoms with Crippen LogP contribution in [0.25, 0.3) is 0 Å². The van der Waals surface area contributed by atoms with Gasteiger partial charge in [0.2, 0.25) is 11.8 Å². The van der Waals surface area contributed by atoms with Crippen molar-refractivity contribution in [2.45, 2.75) is 64.1 Å². The summed E-state index contributed by atoms with van der Waals surface area (Å²) < 4.78 is 35.0. The average Bonchev–Trinajstić information content (AvgIpc) is 3.07. The lowest BCUT2D eigenvalue weighted by Gasteiger charge is -2.34. The maximum atomic E-state index is 14.6. The minimum atomic E-state index is -4.23. The Bertz CT molecular complexity index is 1780. The highest BCUT2D eigenvalue weighted by Gasteiger charge is 2.35. The molecule has 4 aromatic carbocycles. The lowest BCUT2D eigenvalue weighted by atomic mass is 10.0. The Morgan fingerprint density at radius 1 is 0.894 bits per heavy atom. The monoisotopic (exact) mass is 675 g/mol. The zero-order chi connectivity index (χ0) is 34.1. The van der Waals surface area contributed by atoms with Gasteiger partial charge in [-0.15, -0.1) is 0 Å². The van der Waals surface area contributed by atoms with Gasteiger partial charge in [-0.25, -0.2) is 8.42 Å². The minimum absolute atomic E-state index is 0.0299. The van der Waals surface area contributed by atoms with Gasteiger partial charge in [0.15, 0.2) is 0 Å². The number of nitrogens with zero attached hydrogens (tertiary/aromatic N) is 2. The van der Waals surface area contributed by atoms with Crippen molar-refractivity contribution in [2.75, 3.05) is 18.0 Å². The summed E-state index contributed by atoms with van der Waals surface area (Å²) in [6, 6.07) is 26.9. The SMILES string of the molecule is CC[C@H](C)NC(=O)[C@@H](Cc1ccccc1)N(Cc1cccc(OC)c1)C(=O)CN(c1ccc(C)c(Cl)c1)S(=O)(=O)c1ccc(C)cc1. The summed E-state index contributed by atoms with van der Waals surface area (Å²) in [6.07, 6.45) is 0.921. The number of carbonyl (C=O) groups is 2. The Hall–Kier alpha value is -4.34. The molecule has 1 N–H and O–H groups in total. The topological polar surface area (TPSA) is 96.0 Å². The number of aryl methyl sites for hydroxylation is 2. The van der Waals surface area contributed by atoms with E-state index in [-0.39, 0.29) is 35.5 Å². The van der Waals surface area contributed by atoms with E-state index >= 15 is 0 Å². The molecular weight excluding hydrogens is 634 g/mol. The fourth-order valence-electron chi connectivity index (χ4n) is 5.07. The van der Waals surface area contributed by atoms with Crippen LogP contribution in [-0.4, -0.2) is 50.9 Å². The molecule has 4 rings (SSSR count). The molecule has 4 aromatic rings. The van der Waals surface area contributed by atoms with E-state index in [1.807, 2.05) is 70.2 Å². The van der Waals surface area contributed by atoms with Gasteiger partial charge >= 0.3 is 0 Å². The second-order valence-corrected chi connectivity index (χ2v) is 13.9. The third-order valence-electron chi connectivity index (χ3n) is 8.09. The number of nitrogens with one attached hydrogen (secondary N) is 1. The predicted molar refractivity (Wildman–Crippen MR) is 187 cm³/mol. The normalized spacial score (nSPS) is 12.6. The van der Waals surface area contributed by atoms with Gasteiger partial charge in [0, 0.05) is 24.0 Å². The van der Waals surface area contributed by atoms with E-state index in [0.717, 1.165) is 26.6 Å². The molecule has 0 aliphatic heterocycles. The molecule has 10 heteroatoms. The molecule has 2 atom stereocenters. The van der Waals surface area contributed by atoms with Gasteiger partial charge in [0.25, 0.3) is 10.0 Å². The maximum Gasteiger partial charge on any atom is 0.264 e. The quantitative estimate of drug-likeness (QED) is 0.160. The smallest absolute Gasteiger partial charge is 0.264 e. The van der Waals surface area contributed by atoms with Crippen LogP contribution < -0.4 is 14.4 Å². The van der Waals surface area contributed by atoms with Crippen LogP contribution >= 0.6 is 11.6 Å². The van der Waals surface area contributed by atoms with Gasteiger partial charge in [-0.3, -0.25) is 13.9 Å². The minimum Gasteiger partial charge on any atom is -0.497 e. The summed E-state index contributed by atoms with van der Waals surface area (Å²) in [7, 11) is -2.68. The van der Waals surface area contributed by atoms with E-state index in [2.05, 4.69) is 5.32 Å². The van der Waals surface area contributed by atoms with Crippen molar-refractivity contribution in [1.82, 2.24) is 10.2 Å². The third kappa shape index (κ3) is 9.14. The molecule has 0 heterocycles. The van der Waals surface area contributed by atoms with Crippen LogP contribution in [0.2, 0.25) is 5.02 Å². The van der Waals surface area contributed by atoms with E-state index in [4.69, 9.17) is 16.3 Å². The second kappa shape index (κ2) is 16.0. The third-order valence-corrected chi connectivity index (χ3v) is 10.3. The van der Waals surface area contributed by atoms with Gasteiger partial charge in [0.05, 0.1) is 17.7 Å². The fourth-order valence-corrected chi connectivity index (χ4v) is 6.65. The molecule has 0 radical (unpaired) electrons. The largest absolute Gasteiger partial charge is 0.497 e. The Morgan fingerprint density at radius 2 is 1.57 bits per heavy atom. The number of benzene rings is 4.